The third-order valence-electron chi connectivity index (χ3n) is 6.38. The number of carbonyl (C=O) groups excluding carboxylic acids is 1. The van der Waals surface area contributed by atoms with Crippen LogP contribution in [-0.4, -0.2) is 24.3 Å². The number of benzene rings is 1. The number of aromatic hydroxyl groups is 1. The van der Waals surface area contributed by atoms with E-state index in [4.69, 9.17) is 9.47 Å². The van der Waals surface area contributed by atoms with E-state index in [0.29, 0.717) is 11.5 Å². The van der Waals surface area contributed by atoms with Crippen LogP contribution in [0.3, 0.4) is 0 Å². The molecule has 2 aliphatic carbocycles. The molecule has 0 spiro atoms. The summed E-state index contributed by atoms with van der Waals surface area (Å²) in [6.07, 6.45) is 3.25. The highest BCUT2D eigenvalue weighted by Gasteiger charge is 2.62. The molecule has 2 aliphatic rings. The van der Waals surface area contributed by atoms with Gasteiger partial charge in [-0.1, -0.05) is 20.8 Å². The Morgan fingerprint density at radius 1 is 1.32 bits per heavy atom. The van der Waals surface area contributed by atoms with Crippen molar-refractivity contribution in [3.8, 4) is 11.5 Å². The molecule has 4 nitrogen and oxygen atoms in total. The van der Waals surface area contributed by atoms with E-state index in [1.807, 2.05) is 0 Å². The fraction of sp³-hybridized carbons (Fsp3) is 0.611. The van der Waals surface area contributed by atoms with Crippen molar-refractivity contribution in [2.45, 2.75) is 46.1 Å². The molecule has 0 heterocycles. The van der Waals surface area contributed by atoms with Crippen molar-refractivity contribution in [1.82, 2.24) is 0 Å². The minimum absolute atomic E-state index is 0.0204. The number of rotatable bonds is 3. The zero-order chi connectivity index (χ0) is 16.1. The molecular formula is C18H24O4. The van der Waals surface area contributed by atoms with Gasteiger partial charge in [-0.2, -0.15) is 0 Å². The predicted octanol–water partition coefficient (Wildman–Crippen LogP) is 3.77. The molecule has 22 heavy (non-hydrogen) atoms. The smallest absolute Gasteiger partial charge is 0.338 e. The summed E-state index contributed by atoms with van der Waals surface area (Å²) in [7, 11) is 1.46. The molecule has 3 rings (SSSR count). The molecule has 3 atom stereocenters. The first-order chi connectivity index (χ1) is 10.3. The Labute approximate surface area is 131 Å². The second kappa shape index (κ2) is 4.90. The van der Waals surface area contributed by atoms with E-state index in [-0.39, 0.29) is 34.4 Å². The largest absolute Gasteiger partial charge is 0.504 e. The summed E-state index contributed by atoms with van der Waals surface area (Å²) in [4.78, 5) is 12.5. The molecule has 2 fully saturated rings. The number of phenolic OH excluding ortho intramolecular Hbond substituents is 1. The van der Waals surface area contributed by atoms with Gasteiger partial charge < -0.3 is 14.6 Å². The highest BCUT2D eigenvalue weighted by molar-refractivity contribution is 5.90. The van der Waals surface area contributed by atoms with Gasteiger partial charge in [0.25, 0.3) is 0 Å². The Morgan fingerprint density at radius 3 is 2.59 bits per heavy atom. The van der Waals surface area contributed by atoms with Crippen molar-refractivity contribution in [1.29, 1.82) is 0 Å². The highest BCUT2D eigenvalue weighted by atomic mass is 16.5. The van der Waals surface area contributed by atoms with Gasteiger partial charge in [0.2, 0.25) is 0 Å². The van der Waals surface area contributed by atoms with Gasteiger partial charge in [0.05, 0.1) is 12.7 Å². The van der Waals surface area contributed by atoms with Crippen LogP contribution < -0.4 is 4.74 Å². The first-order valence-corrected chi connectivity index (χ1v) is 7.87. The van der Waals surface area contributed by atoms with Crippen LogP contribution in [0.1, 0.15) is 50.4 Å². The molecule has 1 aromatic carbocycles. The second-order valence-electron chi connectivity index (χ2n) is 7.39. The molecule has 4 heteroatoms. The average molecular weight is 304 g/mol. The molecule has 0 saturated heterocycles. The lowest BCUT2D eigenvalue weighted by atomic mass is 9.70. The topological polar surface area (TPSA) is 55.8 Å². The fourth-order valence-corrected chi connectivity index (χ4v) is 4.31. The summed E-state index contributed by atoms with van der Waals surface area (Å²) < 4.78 is 10.9. The molecule has 0 radical (unpaired) electrons. The molecule has 1 N–H and O–H groups in total. The lowest BCUT2D eigenvalue weighted by molar-refractivity contribution is -0.0242. The zero-order valence-corrected chi connectivity index (χ0v) is 13.7. The Balaban J connectivity index is 1.79. The molecular weight excluding hydrogens is 280 g/mol. The van der Waals surface area contributed by atoms with Crippen LogP contribution in [0, 0.1) is 16.7 Å². The number of esters is 1. The third-order valence-corrected chi connectivity index (χ3v) is 6.38. The van der Waals surface area contributed by atoms with E-state index < -0.39 is 0 Å². The number of carbonyl (C=O) groups is 1. The van der Waals surface area contributed by atoms with Crippen molar-refractivity contribution in [3.05, 3.63) is 23.8 Å². The van der Waals surface area contributed by atoms with Gasteiger partial charge in [-0.25, -0.2) is 4.79 Å². The lowest BCUT2D eigenvalue weighted by Crippen LogP contribution is -2.38. The Morgan fingerprint density at radius 2 is 2.05 bits per heavy atom. The molecule has 0 unspecified atom stereocenters. The number of hydrogen-bond donors (Lipinski definition) is 1. The number of fused-ring (bicyclic) bond motifs is 2. The minimum Gasteiger partial charge on any atom is -0.504 e. The van der Waals surface area contributed by atoms with Crippen molar-refractivity contribution in [3.63, 3.8) is 0 Å². The summed E-state index contributed by atoms with van der Waals surface area (Å²) in [6.45, 7) is 6.83. The van der Waals surface area contributed by atoms with E-state index in [2.05, 4.69) is 20.8 Å². The summed E-state index contributed by atoms with van der Waals surface area (Å²) in [5.74, 6) is 0.596. The number of ether oxygens (including phenoxy) is 2. The van der Waals surface area contributed by atoms with Crippen molar-refractivity contribution >= 4 is 5.97 Å². The van der Waals surface area contributed by atoms with Gasteiger partial charge in [0.15, 0.2) is 11.5 Å². The zero-order valence-electron chi connectivity index (χ0n) is 13.7. The van der Waals surface area contributed by atoms with Crippen LogP contribution >= 0.6 is 0 Å². The molecule has 120 valence electrons. The maximum atomic E-state index is 12.5. The number of methoxy groups -OCH3 is 1. The lowest BCUT2D eigenvalue weighted by Gasteiger charge is -2.38. The first kappa shape index (κ1) is 15.2. The standard InChI is InChI=1S/C18H24O4/c1-17(2)12-7-8-18(17,3)15(10-12)22-16(20)11-5-6-13(19)14(9-11)21-4/h5-6,9,12,15,19H,7-8,10H2,1-4H3/t12-,15+,18+/m0/s1. The molecule has 0 aliphatic heterocycles. The van der Waals surface area contributed by atoms with Crippen molar-refractivity contribution in [2.75, 3.05) is 7.11 Å². The van der Waals surface area contributed by atoms with E-state index >= 15 is 0 Å². The maximum absolute atomic E-state index is 12.5. The van der Waals surface area contributed by atoms with E-state index in [9.17, 15) is 9.90 Å². The van der Waals surface area contributed by atoms with Gasteiger partial charge in [-0.15, -0.1) is 0 Å². The van der Waals surface area contributed by atoms with Crippen LogP contribution in [-0.2, 0) is 4.74 Å². The molecule has 2 bridgehead atoms. The predicted molar refractivity (Wildman–Crippen MR) is 83.1 cm³/mol. The number of phenols is 1. The monoisotopic (exact) mass is 304 g/mol. The maximum Gasteiger partial charge on any atom is 0.338 e. The quantitative estimate of drug-likeness (QED) is 0.864. The summed E-state index contributed by atoms with van der Waals surface area (Å²) >= 11 is 0. The van der Waals surface area contributed by atoms with Gasteiger partial charge in [-0.05, 0) is 48.8 Å². The van der Waals surface area contributed by atoms with Crippen molar-refractivity contribution in [2.24, 2.45) is 16.7 Å². The van der Waals surface area contributed by atoms with Gasteiger partial charge in [-0.3, -0.25) is 0 Å². The van der Waals surface area contributed by atoms with Gasteiger partial charge in [0.1, 0.15) is 6.10 Å². The minimum atomic E-state index is -0.340. The molecule has 0 amide bonds. The highest BCUT2D eigenvalue weighted by Crippen LogP contribution is 2.66. The molecule has 1 aromatic rings. The van der Waals surface area contributed by atoms with E-state index in [1.165, 1.54) is 25.7 Å². The van der Waals surface area contributed by atoms with Gasteiger partial charge in [0, 0.05) is 5.41 Å². The average Bonchev–Trinajstić information content (AvgIpc) is 2.81. The Bertz CT molecular complexity index is 607. The van der Waals surface area contributed by atoms with Gasteiger partial charge >= 0.3 is 5.97 Å². The number of hydrogen-bond acceptors (Lipinski definition) is 4. The van der Waals surface area contributed by atoms with Crippen LogP contribution in [0.4, 0.5) is 0 Å². The SMILES string of the molecule is COc1cc(C(=O)O[C@@H]2C[C@@H]3CC[C@@]2(C)C3(C)C)ccc1O. The summed E-state index contributed by atoms with van der Waals surface area (Å²) in [5.41, 5.74) is 0.678. The summed E-state index contributed by atoms with van der Waals surface area (Å²) in [6, 6.07) is 4.56. The molecule has 0 aromatic heterocycles. The summed E-state index contributed by atoms with van der Waals surface area (Å²) in [5, 5.41) is 9.62. The normalized spacial score (nSPS) is 32.0. The van der Waals surface area contributed by atoms with Crippen LogP contribution in [0.15, 0.2) is 18.2 Å². The van der Waals surface area contributed by atoms with E-state index in [0.717, 1.165) is 12.8 Å². The van der Waals surface area contributed by atoms with Crippen LogP contribution in [0.25, 0.3) is 0 Å². The van der Waals surface area contributed by atoms with Crippen molar-refractivity contribution < 1.29 is 19.4 Å². The second-order valence-corrected chi connectivity index (χ2v) is 7.39. The Kier molecular flexibility index (Phi) is 3.38. The van der Waals surface area contributed by atoms with E-state index in [1.54, 1.807) is 6.07 Å². The van der Waals surface area contributed by atoms with Crippen LogP contribution in [0.2, 0.25) is 0 Å². The van der Waals surface area contributed by atoms with Crippen LogP contribution in [0.5, 0.6) is 11.5 Å². The molecule has 2 saturated carbocycles. The fourth-order valence-electron chi connectivity index (χ4n) is 4.31. The Hall–Kier alpha value is -1.71. The first-order valence-electron chi connectivity index (χ1n) is 7.87. The third kappa shape index (κ3) is 2.00.